The van der Waals surface area contributed by atoms with Crippen molar-refractivity contribution in [3.8, 4) is 17.0 Å². The van der Waals surface area contributed by atoms with Crippen molar-refractivity contribution in [3.63, 3.8) is 0 Å². The highest BCUT2D eigenvalue weighted by Crippen LogP contribution is 2.30. The molecule has 0 unspecified atom stereocenters. The fourth-order valence-corrected chi connectivity index (χ4v) is 2.77. The van der Waals surface area contributed by atoms with Gasteiger partial charge in [0.05, 0.1) is 17.8 Å². The van der Waals surface area contributed by atoms with Gasteiger partial charge in [-0.15, -0.1) is 0 Å². The Morgan fingerprint density at radius 3 is 2.67 bits per heavy atom. The maximum atomic E-state index is 13.5. The van der Waals surface area contributed by atoms with Crippen molar-refractivity contribution in [3.05, 3.63) is 60.4 Å². The van der Waals surface area contributed by atoms with Crippen LogP contribution in [0.2, 0.25) is 0 Å². The zero-order valence-electron chi connectivity index (χ0n) is 14.0. The lowest BCUT2D eigenvalue weighted by atomic mass is 10.1. The van der Waals surface area contributed by atoms with Crippen LogP contribution >= 0.6 is 0 Å². The summed E-state index contributed by atoms with van der Waals surface area (Å²) in [6, 6.07) is 16.3. The number of hydrogen-bond donors (Lipinski definition) is 0. The molecule has 3 aromatic rings. The molecule has 0 fully saturated rings. The molecule has 24 heavy (non-hydrogen) atoms. The Labute approximate surface area is 142 Å². The normalized spacial score (nSPS) is 10.9. The first-order valence-corrected chi connectivity index (χ1v) is 8.56. The number of pyridine rings is 1. The van der Waals surface area contributed by atoms with Gasteiger partial charge in [0.2, 0.25) is 0 Å². The third kappa shape index (κ3) is 3.91. The van der Waals surface area contributed by atoms with Gasteiger partial charge in [0, 0.05) is 17.0 Å². The Balaban J connectivity index is 1.91. The molecule has 0 N–H and O–H groups in total. The number of unbranched alkanes of at least 4 members (excludes halogenated alkanes) is 3. The lowest BCUT2D eigenvalue weighted by Crippen LogP contribution is -1.99. The standard InChI is InChI=1S/C21H22FNO/c1-2-3-4-7-13-24-21-15-20(16-9-8-10-17(22)14-16)23-19-12-6-5-11-18(19)21/h5-6,8-12,14-15H,2-4,7,13H2,1H3. The Hall–Kier alpha value is -2.42. The van der Waals surface area contributed by atoms with E-state index in [1.165, 1.54) is 31.4 Å². The molecule has 0 aliphatic heterocycles. The van der Waals surface area contributed by atoms with Crippen molar-refractivity contribution in [2.24, 2.45) is 0 Å². The van der Waals surface area contributed by atoms with Crippen molar-refractivity contribution < 1.29 is 9.13 Å². The van der Waals surface area contributed by atoms with E-state index in [1.807, 2.05) is 36.4 Å². The Kier molecular flexibility index (Phi) is 5.42. The molecule has 2 aromatic carbocycles. The molecule has 0 atom stereocenters. The maximum absolute atomic E-state index is 13.5. The third-order valence-electron chi connectivity index (χ3n) is 4.05. The quantitative estimate of drug-likeness (QED) is 0.497. The minimum atomic E-state index is -0.260. The molecule has 0 amide bonds. The predicted molar refractivity (Wildman–Crippen MR) is 96.8 cm³/mol. The van der Waals surface area contributed by atoms with Gasteiger partial charge in [0.25, 0.3) is 0 Å². The summed E-state index contributed by atoms with van der Waals surface area (Å²) in [5.74, 6) is 0.556. The lowest BCUT2D eigenvalue weighted by molar-refractivity contribution is 0.308. The summed E-state index contributed by atoms with van der Waals surface area (Å²) >= 11 is 0. The molecule has 1 aromatic heterocycles. The van der Waals surface area contributed by atoms with Gasteiger partial charge in [0.15, 0.2) is 0 Å². The summed E-state index contributed by atoms with van der Waals surface area (Å²) < 4.78 is 19.6. The van der Waals surface area contributed by atoms with Crippen LogP contribution in [0, 0.1) is 5.82 Å². The molecule has 0 aliphatic carbocycles. The first-order chi connectivity index (χ1) is 11.8. The van der Waals surface area contributed by atoms with E-state index < -0.39 is 0 Å². The van der Waals surface area contributed by atoms with Crippen LogP contribution in [0.4, 0.5) is 4.39 Å². The number of fused-ring (bicyclic) bond motifs is 1. The number of hydrogen-bond acceptors (Lipinski definition) is 2. The molecule has 1 heterocycles. The minimum absolute atomic E-state index is 0.260. The van der Waals surface area contributed by atoms with E-state index in [2.05, 4.69) is 11.9 Å². The van der Waals surface area contributed by atoms with Crippen molar-refractivity contribution in [1.29, 1.82) is 0 Å². The molecule has 2 nitrogen and oxygen atoms in total. The average Bonchev–Trinajstić information content (AvgIpc) is 2.61. The Bertz CT molecular complexity index is 816. The molecule has 0 saturated carbocycles. The van der Waals surface area contributed by atoms with Gasteiger partial charge in [-0.05, 0) is 30.7 Å². The Morgan fingerprint density at radius 2 is 1.83 bits per heavy atom. The van der Waals surface area contributed by atoms with Crippen molar-refractivity contribution in [2.75, 3.05) is 6.61 Å². The van der Waals surface area contributed by atoms with E-state index in [4.69, 9.17) is 4.74 Å². The smallest absolute Gasteiger partial charge is 0.130 e. The molecule has 0 aliphatic rings. The first-order valence-electron chi connectivity index (χ1n) is 8.56. The van der Waals surface area contributed by atoms with Gasteiger partial charge in [-0.2, -0.15) is 0 Å². The van der Waals surface area contributed by atoms with Crippen LogP contribution in [-0.2, 0) is 0 Å². The molecular formula is C21H22FNO. The number of para-hydroxylation sites is 1. The molecular weight excluding hydrogens is 301 g/mol. The number of ether oxygens (including phenoxy) is 1. The number of nitrogens with zero attached hydrogens (tertiary/aromatic N) is 1. The van der Waals surface area contributed by atoms with Gasteiger partial charge < -0.3 is 4.74 Å². The molecule has 3 heteroatoms. The summed E-state index contributed by atoms with van der Waals surface area (Å²) in [6.45, 7) is 2.89. The third-order valence-corrected chi connectivity index (χ3v) is 4.05. The first kappa shape index (κ1) is 16.4. The molecule has 0 spiro atoms. The molecule has 124 valence electrons. The highest BCUT2D eigenvalue weighted by molar-refractivity contribution is 5.87. The highest BCUT2D eigenvalue weighted by atomic mass is 19.1. The van der Waals surface area contributed by atoms with Crippen LogP contribution in [0.1, 0.15) is 32.6 Å². The second-order valence-corrected chi connectivity index (χ2v) is 5.94. The fourth-order valence-electron chi connectivity index (χ4n) is 2.77. The van der Waals surface area contributed by atoms with Gasteiger partial charge in [-0.1, -0.05) is 50.5 Å². The van der Waals surface area contributed by atoms with E-state index in [0.717, 1.165) is 34.3 Å². The monoisotopic (exact) mass is 323 g/mol. The zero-order valence-corrected chi connectivity index (χ0v) is 14.0. The Morgan fingerprint density at radius 1 is 0.958 bits per heavy atom. The summed E-state index contributed by atoms with van der Waals surface area (Å²) in [7, 11) is 0. The summed E-state index contributed by atoms with van der Waals surface area (Å²) in [5, 5.41) is 0.994. The largest absolute Gasteiger partial charge is 0.493 e. The summed E-state index contributed by atoms with van der Waals surface area (Å²) in [4.78, 5) is 4.66. The summed E-state index contributed by atoms with van der Waals surface area (Å²) in [5.41, 5.74) is 2.36. The van der Waals surface area contributed by atoms with Crippen LogP contribution in [-0.4, -0.2) is 11.6 Å². The van der Waals surface area contributed by atoms with E-state index in [9.17, 15) is 4.39 Å². The lowest BCUT2D eigenvalue weighted by Gasteiger charge is -2.11. The molecule has 0 radical (unpaired) electrons. The van der Waals surface area contributed by atoms with Gasteiger partial charge in [-0.25, -0.2) is 9.37 Å². The van der Waals surface area contributed by atoms with E-state index >= 15 is 0 Å². The topological polar surface area (TPSA) is 22.1 Å². The average molecular weight is 323 g/mol. The fraction of sp³-hybridized carbons (Fsp3) is 0.286. The highest BCUT2D eigenvalue weighted by Gasteiger charge is 2.09. The van der Waals surface area contributed by atoms with Gasteiger partial charge >= 0.3 is 0 Å². The minimum Gasteiger partial charge on any atom is -0.493 e. The van der Waals surface area contributed by atoms with E-state index in [-0.39, 0.29) is 5.82 Å². The summed E-state index contributed by atoms with van der Waals surface area (Å²) in [6.07, 6.45) is 4.66. The number of benzene rings is 2. The van der Waals surface area contributed by atoms with E-state index in [1.54, 1.807) is 6.07 Å². The molecule has 0 bridgehead atoms. The molecule has 3 rings (SSSR count). The second kappa shape index (κ2) is 7.91. The van der Waals surface area contributed by atoms with Crippen LogP contribution < -0.4 is 4.74 Å². The van der Waals surface area contributed by atoms with Crippen LogP contribution in [0.3, 0.4) is 0 Å². The second-order valence-electron chi connectivity index (χ2n) is 5.94. The van der Waals surface area contributed by atoms with Crippen LogP contribution in [0.25, 0.3) is 22.2 Å². The van der Waals surface area contributed by atoms with Crippen molar-refractivity contribution in [2.45, 2.75) is 32.6 Å². The number of halogens is 1. The van der Waals surface area contributed by atoms with Gasteiger partial charge in [0.1, 0.15) is 11.6 Å². The number of rotatable bonds is 7. The van der Waals surface area contributed by atoms with Gasteiger partial charge in [-0.3, -0.25) is 0 Å². The van der Waals surface area contributed by atoms with Crippen LogP contribution in [0.15, 0.2) is 54.6 Å². The molecule has 0 saturated heterocycles. The predicted octanol–water partition coefficient (Wildman–Crippen LogP) is 6.00. The van der Waals surface area contributed by atoms with Crippen molar-refractivity contribution >= 4 is 10.9 Å². The maximum Gasteiger partial charge on any atom is 0.130 e. The van der Waals surface area contributed by atoms with E-state index in [0.29, 0.717) is 6.61 Å². The van der Waals surface area contributed by atoms with Crippen LogP contribution in [0.5, 0.6) is 5.75 Å². The zero-order chi connectivity index (χ0) is 16.8. The van der Waals surface area contributed by atoms with Crippen molar-refractivity contribution in [1.82, 2.24) is 4.98 Å². The number of aromatic nitrogens is 1. The SMILES string of the molecule is CCCCCCOc1cc(-c2cccc(F)c2)nc2ccccc12.